The zero-order valence-corrected chi connectivity index (χ0v) is 18.5. The van der Waals surface area contributed by atoms with Gasteiger partial charge < -0.3 is 9.30 Å². The number of nitrogens with zero attached hydrogens (tertiary/aromatic N) is 6. The zero-order valence-electron chi connectivity index (χ0n) is 18.5. The van der Waals surface area contributed by atoms with Gasteiger partial charge in [0.1, 0.15) is 17.3 Å². The number of imidazole rings is 1. The first-order valence-corrected chi connectivity index (χ1v) is 10.8. The van der Waals surface area contributed by atoms with Crippen molar-refractivity contribution in [1.29, 1.82) is 0 Å². The molecule has 0 N–H and O–H groups in total. The minimum absolute atomic E-state index is 0.305. The van der Waals surface area contributed by atoms with Crippen LogP contribution >= 0.6 is 0 Å². The fourth-order valence-corrected chi connectivity index (χ4v) is 4.18. The van der Waals surface area contributed by atoms with Crippen LogP contribution in [-0.4, -0.2) is 36.4 Å². The molecule has 5 rings (SSSR count). The van der Waals surface area contributed by atoms with Crippen LogP contribution in [0.3, 0.4) is 0 Å². The molecule has 0 saturated heterocycles. The van der Waals surface area contributed by atoms with Gasteiger partial charge in [-0.2, -0.15) is 5.10 Å². The summed E-state index contributed by atoms with van der Waals surface area (Å²) in [5.74, 6) is -2.56. The summed E-state index contributed by atoms with van der Waals surface area (Å²) in [5.41, 5.74) is 1.93. The van der Waals surface area contributed by atoms with Crippen molar-refractivity contribution >= 4 is 12.2 Å². The maximum Gasteiger partial charge on any atom is 0.238 e. The van der Waals surface area contributed by atoms with Gasteiger partial charge in [0.25, 0.3) is 0 Å². The SMILES string of the molecule is COc1nc(C=Cc2nc3n(n2)CCC[C@@H]3c2c(F)ccc(F)c2F)ccc1-n1cnc(C)c1. The number of fused-ring (bicyclic) bond motifs is 1. The molecule has 0 radical (unpaired) electrons. The van der Waals surface area contributed by atoms with Crippen LogP contribution in [0.15, 0.2) is 36.8 Å². The lowest BCUT2D eigenvalue weighted by atomic mass is 9.90. The Hall–Kier alpha value is -3.95. The Morgan fingerprint density at radius 1 is 1.06 bits per heavy atom. The lowest BCUT2D eigenvalue weighted by molar-refractivity contribution is 0.395. The molecule has 34 heavy (non-hydrogen) atoms. The molecular weight excluding hydrogens is 445 g/mol. The van der Waals surface area contributed by atoms with Crippen molar-refractivity contribution in [3.8, 4) is 11.6 Å². The van der Waals surface area contributed by atoms with Crippen molar-refractivity contribution in [1.82, 2.24) is 29.3 Å². The fraction of sp³-hybridized carbons (Fsp3) is 0.250. The van der Waals surface area contributed by atoms with Crippen LogP contribution in [0.4, 0.5) is 13.2 Å². The second-order valence-electron chi connectivity index (χ2n) is 8.02. The first-order chi connectivity index (χ1) is 16.4. The molecule has 1 aliphatic heterocycles. The lowest BCUT2D eigenvalue weighted by Gasteiger charge is -2.23. The van der Waals surface area contributed by atoms with E-state index >= 15 is 0 Å². The van der Waals surface area contributed by atoms with E-state index in [2.05, 4.69) is 20.1 Å². The molecule has 10 heteroatoms. The van der Waals surface area contributed by atoms with Gasteiger partial charge in [0.2, 0.25) is 5.88 Å². The highest BCUT2D eigenvalue weighted by molar-refractivity contribution is 5.65. The first kappa shape index (κ1) is 21.9. The number of hydrogen-bond donors (Lipinski definition) is 0. The first-order valence-electron chi connectivity index (χ1n) is 10.8. The zero-order chi connectivity index (χ0) is 23.8. The van der Waals surface area contributed by atoms with Crippen LogP contribution in [0.5, 0.6) is 5.88 Å². The van der Waals surface area contributed by atoms with E-state index in [9.17, 15) is 13.2 Å². The van der Waals surface area contributed by atoms with Crippen LogP contribution in [0.1, 0.15) is 47.4 Å². The van der Waals surface area contributed by atoms with Gasteiger partial charge in [-0.1, -0.05) is 0 Å². The van der Waals surface area contributed by atoms with E-state index in [4.69, 9.17) is 4.74 Å². The summed E-state index contributed by atoms with van der Waals surface area (Å²) in [5, 5.41) is 4.44. The van der Waals surface area contributed by atoms with E-state index in [1.165, 1.54) is 0 Å². The van der Waals surface area contributed by atoms with E-state index in [1.54, 1.807) is 30.3 Å². The summed E-state index contributed by atoms with van der Waals surface area (Å²) in [6, 6.07) is 5.41. The van der Waals surface area contributed by atoms with E-state index in [1.807, 2.05) is 29.8 Å². The van der Waals surface area contributed by atoms with Gasteiger partial charge in [0.15, 0.2) is 17.5 Å². The molecule has 1 aromatic carbocycles. The third-order valence-electron chi connectivity index (χ3n) is 5.77. The summed E-state index contributed by atoms with van der Waals surface area (Å²) in [6.45, 7) is 2.46. The topological polar surface area (TPSA) is 70.7 Å². The molecule has 0 bridgehead atoms. The summed E-state index contributed by atoms with van der Waals surface area (Å²) in [7, 11) is 1.54. The molecule has 174 valence electrons. The standard InChI is InChI=1S/C24H21F3N6O/c1-14-12-32(13-28-14)19-9-5-15(29-24(19)34-2)6-10-20-30-23-16(4-3-11-33(23)31-20)21-17(25)7-8-18(26)22(21)27/h5-10,12-13,16H,3-4,11H2,1-2H3/t16-/m1/s1. The maximum atomic E-state index is 14.4. The minimum Gasteiger partial charge on any atom is -0.479 e. The Morgan fingerprint density at radius 2 is 1.88 bits per heavy atom. The largest absolute Gasteiger partial charge is 0.479 e. The predicted molar refractivity (Wildman–Crippen MR) is 119 cm³/mol. The van der Waals surface area contributed by atoms with Gasteiger partial charge in [-0.15, -0.1) is 0 Å². The number of methoxy groups -OCH3 is 1. The van der Waals surface area contributed by atoms with Crippen molar-refractivity contribution in [3.63, 3.8) is 0 Å². The van der Waals surface area contributed by atoms with Gasteiger partial charge >= 0.3 is 0 Å². The Morgan fingerprint density at radius 3 is 2.65 bits per heavy atom. The third kappa shape index (κ3) is 3.95. The van der Waals surface area contributed by atoms with Gasteiger partial charge in [-0.3, -0.25) is 0 Å². The minimum atomic E-state index is -1.18. The smallest absolute Gasteiger partial charge is 0.238 e. The summed E-state index contributed by atoms with van der Waals surface area (Å²) in [4.78, 5) is 13.2. The van der Waals surface area contributed by atoms with E-state index in [-0.39, 0.29) is 5.56 Å². The Bertz CT molecular complexity index is 1390. The van der Waals surface area contributed by atoms with Gasteiger partial charge in [0, 0.05) is 24.2 Å². The van der Waals surface area contributed by atoms with Gasteiger partial charge in [0.05, 0.1) is 24.8 Å². The van der Waals surface area contributed by atoms with E-state index in [0.29, 0.717) is 42.6 Å². The maximum absolute atomic E-state index is 14.4. The number of benzene rings is 1. The normalized spacial score (nSPS) is 15.6. The number of aryl methyl sites for hydroxylation is 2. The molecular formula is C24H21F3N6O. The van der Waals surface area contributed by atoms with Crippen molar-refractivity contribution in [2.24, 2.45) is 0 Å². The van der Waals surface area contributed by atoms with Crippen molar-refractivity contribution in [2.75, 3.05) is 7.11 Å². The second-order valence-corrected chi connectivity index (χ2v) is 8.02. The van der Waals surface area contributed by atoms with E-state index in [0.717, 1.165) is 23.5 Å². The second kappa shape index (κ2) is 8.77. The van der Waals surface area contributed by atoms with Crippen LogP contribution < -0.4 is 4.74 Å². The summed E-state index contributed by atoms with van der Waals surface area (Å²) < 4.78 is 51.5. The molecule has 0 fully saturated rings. The Balaban J connectivity index is 1.44. The van der Waals surface area contributed by atoms with Crippen LogP contribution in [-0.2, 0) is 6.54 Å². The van der Waals surface area contributed by atoms with Crippen LogP contribution in [0.2, 0.25) is 0 Å². The van der Waals surface area contributed by atoms with Crippen molar-refractivity contribution in [3.05, 3.63) is 82.8 Å². The molecule has 1 aliphatic rings. The van der Waals surface area contributed by atoms with Crippen molar-refractivity contribution in [2.45, 2.75) is 32.2 Å². The van der Waals surface area contributed by atoms with Gasteiger partial charge in [-0.05, 0) is 56.2 Å². The number of pyridine rings is 1. The van der Waals surface area contributed by atoms with E-state index < -0.39 is 23.4 Å². The molecule has 0 aliphatic carbocycles. The predicted octanol–water partition coefficient (Wildman–Crippen LogP) is 4.69. The monoisotopic (exact) mass is 466 g/mol. The summed E-state index contributed by atoms with van der Waals surface area (Å²) in [6.07, 6.45) is 8.05. The molecule has 1 atom stereocenters. The molecule has 0 saturated carbocycles. The highest BCUT2D eigenvalue weighted by atomic mass is 19.2. The quantitative estimate of drug-likeness (QED) is 0.399. The van der Waals surface area contributed by atoms with Crippen LogP contribution in [0.25, 0.3) is 17.8 Å². The molecule has 4 aromatic rings. The molecule has 4 heterocycles. The number of aromatic nitrogens is 6. The fourth-order valence-electron chi connectivity index (χ4n) is 4.18. The number of ether oxygens (including phenoxy) is 1. The average Bonchev–Trinajstić information content (AvgIpc) is 3.46. The number of hydrogen-bond acceptors (Lipinski definition) is 5. The highest BCUT2D eigenvalue weighted by Crippen LogP contribution is 2.36. The summed E-state index contributed by atoms with van der Waals surface area (Å²) >= 11 is 0. The molecule has 3 aromatic heterocycles. The van der Waals surface area contributed by atoms with Crippen LogP contribution in [0, 0.1) is 24.4 Å². The van der Waals surface area contributed by atoms with Crippen molar-refractivity contribution < 1.29 is 17.9 Å². The Kier molecular flexibility index (Phi) is 5.64. The molecule has 7 nitrogen and oxygen atoms in total. The molecule has 0 amide bonds. The van der Waals surface area contributed by atoms with Gasteiger partial charge in [-0.25, -0.2) is 32.8 Å². The number of halogens is 3. The Labute approximate surface area is 193 Å². The highest BCUT2D eigenvalue weighted by Gasteiger charge is 2.31. The molecule has 0 spiro atoms. The lowest BCUT2D eigenvalue weighted by Crippen LogP contribution is -2.20. The number of rotatable bonds is 5. The average molecular weight is 466 g/mol. The molecule has 0 unspecified atom stereocenters. The third-order valence-corrected chi connectivity index (χ3v) is 5.77.